The summed E-state index contributed by atoms with van der Waals surface area (Å²) in [5, 5.41) is 8.93. The number of anilines is 1. The summed E-state index contributed by atoms with van der Waals surface area (Å²) >= 11 is 5.69. The van der Waals surface area contributed by atoms with Gasteiger partial charge in [-0.3, -0.25) is 0 Å². The average molecular weight is 184 g/mol. The van der Waals surface area contributed by atoms with Gasteiger partial charge in [-0.15, -0.1) is 0 Å². The highest BCUT2D eigenvalue weighted by Crippen LogP contribution is 2.29. The Labute approximate surface area is 74.5 Å². The third kappa shape index (κ3) is 1.27. The van der Waals surface area contributed by atoms with Crippen LogP contribution in [0.15, 0.2) is 6.20 Å². The van der Waals surface area contributed by atoms with Crippen LogP contribution >= 0.6 is 11.6 Å². The van der Waals surface area contributed by atoms with Gasteiger partial charge in [0.15, 0.2) is 5.75 Å². The molecule has 0 saturated carbocycles. The molecule has 0 aliphatic heterocycles. The number of rotatable bonds is 1. The van der Waals surface area contributed by atoms with Crippen LogP contribution in [0.25, 0.3) is 0 Å². The first-order valence-corrected chi connectivity index (χ1v) is 3.46. The summed E-state index contributed by atoms with van der Waals surface area (Å²) in [6, 6.07) is 1.86. The van der Waals surface area contributed by atoms with Gasteiger partial charge in [0, 0.05) is 0 Å². The third-order valence-electron chi connectivity index (χ3n) is 1.33. The lowest BCUT2D eigenvalue weighted by molar-refractivity contribution is 0.413. The van der Waals surface area contributed by atoms with E-state index in [1.54, 1.807) is 0 Å². The van der Waals surface area contributed by atoms with Crippen molar-refractivity contribution >= 4 is 17.4 Å². The van der Waals surface area contributed by atoms with Crippen molar-refractivity contribution in [3.63, 3.8) is 0 Å². The van der Waals surface area contributed by atoms with E-state index in [0.29, 0.717) is 0 Å². The summed E-state index contributed by atoms with van der Waals surface area (Å²) in [5.74, 6) is 0.394. The molecule has 2 N–H and O–H groups in total. The molecule has 0 aromatic carbocycles. The second-order valence-electron chi connectivity index (χ2n) is 2.01. The number of nitrogen functional groups attached to an aromatic ring is 1. The minimum Gasteiger partial charge on any atom is -0.494 e. The number of halogens is 1. The van der Waals surface area contributed by atoms with E-state index in [4.69, 9.17) is 27.3 Å². The number of methoxy groups -OCH3 is 1. The van der Waals surface area contributed by atoms with Gasteiger partial charge in [0.25, 0.3) is 0 Å². The fraction of sp³-hybridized carbons (Fsp3) is 0.143. The van der Waals surface area contributed by atoms with Crippen molar-refractivity contribution in [3.8, 4) is 11.8 Å². The Hall–Kier alpha value is -1.47. The van der Waals surface area contributed by atoms with Gasteiger partial charge < -0.3 is 10.5 Å². The van der Waals surface area contributed by atoms with E-state index < -0.39 is 0 Å². The van der Waals surface area contributed by atoms with Crippen molar-refractivity contribution in [3.05, 3.63) is 16.8 Å². The second kappa shape index (κ2) is 3.28. The van der Waals surface area contributed by atoms with E-state index in [1.165, 1.54) is 13.3 Å². The molecule has 1 aromatic rings. The molecule has 0 unspecified atom stereocenters. The number of nitrogens with two attached hydrogens (primary N) is 1. The highest BCUT2D eigenvalue weighted by molar-refractivity contribution is 6.32. The van der Waals surface area contributed by atoms with E-state index >= 15 is 0 Å². The van der Waals surface area contributed by atoms with Crippen LogP contribution in [-0.2, 0) is 0 Å². The molecular formula is C7H6ClN3O. The lowest BCUT2D eigenvalue weighted by Gasteiger charge is -2.05. The molecule has 0 saturated heterocycles. The Morgan fingerprint density at radius 3 is 2.83 bits per heavy atom. The molecule has 0 aliphatic carbocycles. The Morgan fingerprint density at radius 1 is 1.75 bits per heavy atom. The van der Waals surface area contributed by atoms with Crippen molar-refractivity contribution in [1.29, 1.82) is 5.26 Å². The minimum absolute atomic E-state index is 0.124. The van der Waals surface area contributed by atoms with E-state index in [1.807, 2.05) is 6.07 Å². The van der Waals surface area contributed by atoms with Crippen molar-refractivity contribution < 1.29 is 4.74 Å². The smallest absolute Gasteiger partial charge is 0.160 e. The molecule has 62 valence electrons. The van der Waals surface area contributed by atoms with Crippen LogP contribution in [0.5, 0.6) is 5.75 Å². The largest absolute Gasteiger partial charge is 0.494 e. The number of nitrogens with zero attached hydrogens (tertiary/aromatic N) is 2. The minimum atomic E-state index is 0.124. The van der Waals surface area contributed by atoms with E-state index in [0.717, 1.165) is 0 Å². The molecule has 1 rings (SSSR count). The first kappa shape index (κ1) is 8.62. The fourth-order valence-corrected chi connectivity index (χ4v) is 1.01. The van der Waals surface area contributed by atoms with Crippen molar-refractivity contribution in [2.75, 3.05) is 12.8 Å². The molecule has 0 radical (unpaired) electrons. The topological polar surface area (TPSA) is 71.9 Å². The van der Waals surface area contributed by atoms with Crippen molar-refractivity contribution in [2.24, 2.45) is 0 Å². The quantitative estimate of drug-likeness (QED) is 0.710. The SMILES string of the molecule is COc1c(Cl)cnc(N)c1C#N. The summed E-state index contributed by atoms with van der Waals surface area (Å²) in [5.41, 5.74) is 5.58. The van der Waals surface area contributed by atoms with Gasteiger partial charge in [-0.05, 0) is 0 Å². The normalized spacial score (nSPS) is 9.08. The van der Waals surface area contributed by atoms with Gasteiger partial charge in [0.05, 0.1) is 13.3 Å². The van der Waals surface area contributed by atoms with Crippen LogP contribution in [0.1, 0.15) is 5.56 Å². The van der Waals surface area contributed by atoms with E-state index in [2.05, 4.69) is 4.98 Å². The number of pyridine rings is 1. The van der Waals surface area contributed by atoms with Crippen LogP contribution in [0.4, 0.5) is 5.82 Å². The van der Waals surface area contributed by atoms with Crippen molar-refractivity contribution in [2.45, 2.75) is 0 Å². The molecule has 12 heavy (non-hydrogen) atoms. The third-order valence-corrected chi connectivity index (χ3v) is 1.60. The molecule has 0 aliphatic rings. The highest BCUT2D eigenvalue weighted by atomic mass is 35.5. The van der Waals surface area contributed by atoms with Crippen LogP contribution in [0.2, 0.25) is 5.02 Å². The molecular weight excluding hydrogens is 178 g/mol. The Bertz CT molecular complexity index is 345. The number of nitriles is 1. The predicted octanol–water partition coefficient (Wildman–Crippen LogP) is 1.20. The molecule has 4 nitrogen and oxygen atoms in total. The lowest BCUT2D eigenvalue weighted by Crippen LogP contribution is -1.98. The second-order valence-corrected chi connectivity index (χ2v) is 2.42. The monoisotopic (exact) mass is 183 g/mol. The van der Waals surface area contributed by atoms with Gasteiger partial charge in [-0.2, -0.15) is 5.26 Å². The molecule has 1 aromatic heterocycles. The summed E-state index contributed by atoms with van der Waals surface area (Å²) in [4.78, 5) is 3.70. The van der Waals surface area contributed by atoms with E-state index in [-0.39, 0.29) is 22.2 Å². The molecule has 1 heterocycles. The van der Waals surface area contributed by atoms with Gasteiger partial charge in [-0.1, -0.05) is 11.6 Å². The van der Waals surface area contributed by atoms with Gasteiger partial charge >= 0.3 is 0 Å². The Balaban J connectivity index is 3.41. The van der Waals surface area contributed by atoms with Crippen LogP contribution in [-0.4, -0.2) is 12.1 Å². The lowest BCUT2D eigenvalue weighted by atomic mass is 10.2. The van der Waals surface area contributed by atoms with Gasteiger partial charge in [0.2, 0.25) is 0 Å². The maximum atomic E-state index is 8.65. The first-order valence-electron chi connectivity index (χ1n) is 3.08. The maximum Gasteiger partial charge on any atom is 0.160 e. The molecule has 0 fully saturated rings. The summed E-state index contributed by atoms with van der Waals surface area (Å²) in [6.45, 7) is 0. The number of aromatic nitrogens is 1. The summed E-state index contributed by atoms with van der Waals surface area (Å²) in [6.07, 6.45) is 1.34. The Morgan fingerprint density at radius 2 is 2.42 bits per heavy atom. The summed E-state index contributed by atoms with van der Waals surface area (Å²) < 4.78 is 4.87. The standard InChI is InChI=1S/C7H6ClN3O/c1-12-6-4(2-9)7(10)11-3-5(6)8/h3H,1H3,(H2,10,11). The predicted molar refractivity (Wildman–Crippen MR) is 44.9 cm³/mol. The molecule has 5 heteroatoms. The molecule has 0 atom stereocenters. The van der Waals surface area contributed by atoms with Gasteiger partial charge in [-0.25, -0.2) is 4.98 Å². The number of ether oxygens (including phenoxy) is 1. The van der Waals surface area contributed by atoms with Gasteiger partial charge in [0.1, 0.15) is 22.5 Å². The highest BCUT2D eigenvalue weighted by Gasteiger charge is 2.11. The zero-order chi connectivity index (χ0) is 9.14. The first-order chi connectivity index (χ1) is 5.70. The average Bonchev–Trinajstić information content (AvgIpc) is 2.08. The zero-order valence-electron chi connectivity index (χ0n) is 6.34. The van der Waals surface area contributed by atoms with Crippen LogP contribution < -0.4 is 10.5 Å². The van der Waals surface area contributed by atoms with Crippen LogP contribution in [0.3, 0.4) is 0 Å². The maximum absolute atomic E-state index is 8.65. The summed E-state index contributed by atoms with van der Waals surface area (Å²) in [7, 11) is 1.42. The molecule has 0 spiro atoms. The van der Waals surface area contributed by atoms with E-state index in [9.17, 15) is 0 Å². The fourth-order valence-electron chi connectivity index (χ4n) is 0.793. The van der Waals surface area contributed by atoms with Crippen molar-refractivity contribution in [1.82, 2.24) is 4.98 Å². The Kier molecular flexibility index (Phi) is 2.36. The molecule has 0 bridgehead atoms. The zero-order valence-corrected chi connectivity index (χ0v) is 7.09. The number of hydrogen-bond donors (Lipinski definition) is 1. The molecule has 0 amide bonds. The number of hydrogen-bond acceptors (Lipinski definition) is 4. The van der Waals surface area contributed by atoms with Crippen LogP contribution in [0, 0.1) is 11.3 Å².